The number of imidazole rings is 1. The van der Waals surface area contributed by atoms with Gasteiger partial charge in [0.1, 0.15) is 5.82 Å². The third-order valence-corrected chi connectivity index (χ3v) is 6.85. The summed E-state index contributed by atoms with van der Waals surface area (Å²) >= 11 is 0. The number of aryl methyl sites for hydroxylation is 2. The van der Waals surface area contributed by atoms with Crippen LogP contribution in [0.1, 0.15) is 12.2 Å². The number of sulfonamides is 1. The lowest BCUT2D eigenvalue weighted by molar-refractivity contribution is 0.214. The molecule has 0 saturated carbocycles. The number of methoxy groups -OCH3 is 2. The van der Waals surface area contributed by atoms with Gasteiger partial charge in [0.2, 0.25) is 0 Å². The fraction of sp³-hybridized carbons (Fsp3) is 0.474. The molecule has 30 heavy (non-hydrogen) atoms. The number of ether oxygens (including phenoxy) is 2. The number of nitrogens with zero attached hydrogens (tertiary/aromatic N) is 4. The molecule has 2 amide bonds. The molecule has 1 aliphatic heterocycles. The number of carbonyl (C=O) groups is 1. The number of benzene rings is 1. The van der Waals surface area contributed by atoms with E-state index in [-0.39, 0.29) is 24.1 Å². The van der Waals surface area contributed by atoms with Crippen molar-refractivity contribution in [2.45, 2.75) is 18.4 Å². The van der Waals surface area contributed by atoms with E-state index in [9.17, 15) is 13.2 Å². The summed E-state index contributed by atoms with van der Waals surface area (Å²) in [5, 5.41) is 2.86. The molecule has 1 fully saturated rings. The number of para-hydroxylation sites is 1. The smallest absolute Gasteiger partial charge is 0.321 e. The first-order valence-electron chi connectivity index (χ1n) is 9.55. The summed E-state index contributed by atoms with van der Waals surface area (Å²) in [6.45, 7) is 2.97. The van der Waals surface area contributed by atoms with Gasteiger partial charge in [-0.3, -0.25) is 0 Å². The molecule has 1 saturated heterocycles. The maximum absolute atomic E-state index is 12.9. The minimum absolute atomic E-state index is 0.0292. The number of aromatic nitrogens is 2. The zero-order valence-corrected chi connectivity index (χ0v) is 18.4. The van der Waals surface area contributed by atoms with Gasteiger partial charge in [-0.2, -0.15) is 4.31 Å². The topological polar surface area (TPSA) is 106 Å². The summed E-state index contributed by atoms with van der Waals surface area (Å²) < 4.78 is 39.5. The fourth-order valence-corrected chi connectivity index (χ4v) is 4.79. The first-order chi connectivity index (χ1) is 14.3. The Morgan fingerprint density at radius 1 is 1.13 bits per heavy atom. The molecule has 1 aromatic carbocycles. The summed E-state index contributed by atoms with van der Waals surface area (Å²) in [5.74, 6) is 1.56. The molecule has 0 bridgehead atoms. The molecular formula is C19H27N5O5S. The zero-order chi connectivity index (χ0) is 21.9. The van der Waals surface area contributed by atoms with Crippen molar-refractivity contribution in [2.75, 3.05) is 45.7 Å². The van der Waals surface area contributed by atoms with E-state index in [0.29, 0.717) is 42.5 Å². The van der Waals surface area contributed by atoms with E-state index in [1.165, 1.54) is 24.7 Å². The van der Waals surface area contributed by atoms with Crippen LogP contribution in [0, 0.1) is 6.92 Å². The van der Waals surface area contributed by atoms with Gasteiger partial charge in [-0.25, -0.2) is 18.2 Å². The van der Waals surface area contributed by atoms with Crippen molar-refractivity contribution in [3.63, 3.8) is 0 Å². The molecule has 1 aromatic heterocycles. The number of anilines is 1. The summed E-state index contributed by atoms with van der Waals surface area (Å²) in [6.07, 6.45) is 2.03. The van der Waals surface area contributed by atoms with Crippen LogP contribution in [0.3, 0.4) is 0 Å². The lowest BCUT2D eigenvalue weighted by atomic mass is 10.2. The second-order valence-corrected chi connectivity index (χ2v) is 8.84. The largest absolute Gasteiger partial charge is 0.493 e. The number of carbonyl (C=O) groups excluding carboxylic acids is 1. The summed E-state index contributed by atoms with van der Waals surface area (Å²) in [5.41, 5.74) is 0.486. The molecule has 0 unspecified atom stereocenters. The van der Waals surface area contributed by atoms with Crippen LogP contribution in [0.5, 0.6) is 11.5 Å². The van der Waals surface area contributed by atoms with Crippen molar-refractivity contribution in [2.24, 2.45) is 7.05 Å². The molecule has 0 atom stereocenters. The van der Waals surface area contributed by atoms with Crippen LogP contribution < -0.4 is 14.8 Å². The predicted octanol–water partition coefficient (Wildman–Crippen LogP) is 1.67. The third-order valence-electron chi connectivity index (χ3n) is 5.08. The van der Waals surface area contributed by atoms with Crippen molar-refractivity contribution in [1.29, 1.82) is 0 Å². The average molecular weight is 438 g/mol. The average Bonchev–Trinajstić information content (AvgIpc) is 2.93. The van der Waals surface area contributed by atoms with Gasteiger partial charge in [0.05, 0.1) is 19.9 Å². The van der Waals surface area contributed by atoms with Crippen LogP contribution >= 0.6 is 0 Å². The molecule has 2 heterocycles. The monoisotopic (exact) mass is 437 g/mol. The highest BCUT2D eigenvalue weighted by molar-refractivity contribution is 7.89. The van der Waals surface area contributed by atoms with Crippen molar-refractivity contribution in [3.8, 4) is 11.5 Å². The Bertz CT molecular complexity index is 1000. The van der Waals surface area contributed by atoms with Crippen molar-refractivity contribution in [1.82, 2.24) is 18.8 Å². The molecule has 11 heteroatoms. The standard InChI is InChI=1S/C19H27N5O5S/c1-14-20-17(13-22(14)2)30(26,27)24-10-6-9-23(11-12-24)19(25)21-15-7-5-8-16(28-3)18(15)29-4/h5,7-8,13H,6,9-12H2,1-4H3,(H,21,25). The molecule has 0 aliphatic carbocycles. The first kappa shape index (κ1) is 21.9. The van der Waals surface area contributed by atoms with E-state index in [1.54, 1.807) is 41.6 Å². The highest BCUT2D eigenvalue weighted by Gasteiger charge is 2.30. The number of nitrogens with one attached hydrogen (secondary N) is 1. The molecule has 2 aromatic rings. The quantitative estimate of drug-likeness (QED) is 0.763. The summed E-state index contributed by atoms with van der Waals surface area (Å²) in [7, 11) is 1.07. The van der Waals surface area contributed by atoms with Crippen LogP contribution in [0.15, 0.2) is 29.4 Å². The van der Waals surface area contributed by atoms with Crippen molar-refractivity contribution in [3.05, 3.63) is 30.2 Å². The number of rotatable bonds is 5. The Morgan fingerprint density at radius 2 is 1.90 bits per heavy atom. The maximum Gasteiger partial charge on any atom is 0.321 e. The van der Waals surface area contributed by atoms with Gasteiger partial charge in [0.25, 0.3) is 10.0 Å². The van der Waals surface area contributed by atoms with E-state index in [1.807, 2.05) is 0 Å². The molecule has 1 aliphatic rings. The lowest BCUT2D eigenvalue weighted by Crippen LogP contribution is -2.39. The van der Waals surface area contributed by atoms with Crippen molar-refractivity contribution < 1.29 is 22.7 Å². The van der Waals surface area contributed by atoms with Gasteiger partial charge in [0, 0.05) is 39.4 Å². The number of urea groups is 1. The van der Waals surface area contributed by atoms with Gasteiger partial charge in [-0.05, 0) is 25.5 Å². The second kappa shape index (κ2) is 8.92. The Hall–Kier alpha value is -2.79. The number of hydrogen-bond donors (Lipinski definition) is 1. The molecule has 0 radical (unpaired) electrons. The minimum Gasteiger partial charge on any atom is -0.493 e. The summed E-state index contributed by atoms with van der Waals surface area (Å²) in [6, 6.07) is 4.89. The Balaban J connectivity index is 1.70. The summed E-state index contributed by atoms with van der Waals surface area (Å²) in [4.78, 5) is 18.5. The van der Waals surface area contributed by atoms with Gasteiger partial charge >= 0.3 is 6.03 Å². The van der Waals surface area contributed by atoms with Crippen LogP contribution in [-0.4, -0.2) is 73.6 Å². The molecule has 10 nitrogen and oxygen atoms in total. The van der Waals surface area contributed by atoms with E-state index >= 15 is 0 Å². The molecular weight excluding hydrogens is 410 g/mol. The highest BCUT2D eigenvalue weighted by atomic mass is 32.2. The second-order valence-electron chi connectivity index (χ2n) is 6.95. The minimum atomic E-state index is -3.71. The molecule has 3 rings (SSSR count). The normalized spacial score (nSPS) is 15.5. The SMILES string of the molecule is COc1cccc(NC(=O)N2CCCN(S(=O)(=O)c3cn(C)c(C)n3)CC2)c1OC. The van der Waals surface area contributed by atoms with Crippen molar-refractivity contribution >= 4 is 21.7 Å². The van der Waals surface area contributed by atoms with Crippen LogP contribution in [0.2, 0.25) is 0 Å². The zero-order valence-electron chi connectivity index (χ0n) is 17.6. The fourth-order valence-electron chi connectivity index (χ4n) is 3.30. The Labute approximate surface area is 176 Å². The Kier molecular flexibility index (Phi) is 6.52. The van der Waals surface area contributed by atoms with Crippen LogP contribution in [0.4, 0.5) is 10.5 Å². The van der Waals surface area contributed by atoms with Gasteiger partial charge in [-0.15, -0.1) is 0 Å². The van der Waals surface area contributed by atoms with E-state index in [0.717, 1.165) is 0 Å². The Morgan fingerprint density at radius 3 is 2.53 bits per heavy atom. The van der Waals surface area contributed by atoms with E-state index in [4.69, 9.17) is 9.47 Å². The molecule has 1 N–H and O–H groups in total. The highest BCUT2D eigenvalue weighted by Crippen LogP contribution is 2.34. The van der Waals surface area contributed by atoms with Gasteiger partial charge in [-0.1, -0.05) is 6.07 Å². The van der Waals surface area contributed by atoms with Crippen LogP contribution in [-0.2, 0) is 17.1 Å². The predicted molar refractivity (Wildman–Crippen MR) is 111 cm³/mol. The third kappa shape index (κ3) is 4.36. The number of amides is 2. The van der Waals surface area contributed by atoms with Gasteiger partial charge in [0.15, 0.2) is 16.5 Å². The molecule has 164 valence electrons. The molecule has 0 spiro atoms. The first-order valence-corrected chi connectivity index (χ1v) is 11.0. The van der Waals surface area contributed by atoms with Crippen LogP contribution in [0.25, 0.3) is 0 Å². The lowest BCUT2D eigenvalue weighted by Gasteiger charge is -2.22. The maximum atomic E-state index is 12.9. The van der Waals surface area contributed by atoms with E-state index < -0.39 is 10.0 Å². The van der Waals surface area contributed by atoms with Gasteiger partial charge < -0.3 is 24.3 Å². The number of hydrogen-bond acceptors (Lipinski definition) is 6. The van der Waals surface area contributed by atoms with E-state index in [2.05, 4.69) is 10.3 Å².